The fourth-order valence-electron chi connectivity index (χ4n) is 2.70. The highest BCUT2D eigenvalue weighted by Crippen LogP contribution is 2.34. The van der Waals surface area contributed by atoms with Crippen molar-refractivity contribution in [3.8, 4) is 0 Å². The maximum absolute atomic E-state index is 13.8. The van der Waals surface area contributed by atoms with Crippen molar-refractivity contribution in [2.45, 2.75) is 11.8 Å². The molecule has 0 spiro atoms. The molecule has 1 saturated heterocycles. The molecule has 0 aliphatic carbocycles. The highest BCUT2D eigenvalue weighted by Gasteiger charge is 2.40. The molecule has 1 nitrogen and oxygen atoms in total. The fraction of sp³-hybridized carbons (Fsp3) is 0.250. The van der Waals surface area contributed by atoms with Crippen molar-refractivity contribution in [1.82, 2.24) is 5.32 Å². The minimum Gasteiger partial charge on any atom is -0.315 e. The minimum absolute atomic E-state index is 0.0957. The molecule has 0 saturated carbocycles. The molecular formula is C16H14F3N. The highest BCUT2D eigenvalue weighted by molar-refractivity contribution is 5.34. The van der Waals surface area contributed by atoms with Gasteiger partial charge in [-0.25, -0.2) is 13.2 Å². The van der Waals surface area contributed by atoms with Gasteiger partial charge in [-0.05, 0) is 36.2 Å². The zero-order valence-electron chi connectivity index (χ0n) is 10.8. The van der Waals surface area contributed by atoms with E-state index < -0.39 is 11.6 Å². The summed E-state index contributed by atoms with van der Waals surface area (Å²) in [4.78, 5) is 0. The summed E-state index contributed by atoms with van der Waals surface area (Å²) in [5, 5.41) is 3.14. The smallest absolute Gasteiger partial charge is 0.129 e. The van der Waals surface area contributed by atoms with Gasteiger partial charge in [0, 0.05) is 24.1 Å². The Morgan fingerprint density at radius 2 is 1.50 bits per heavy atom. The first-order valence-electron chi connectivity index (χ1n) is 6.50. The number of hydrogen-bond donors (Lipinski definition) is 1. The van der Waals surface area contributed by atoms with E-state index in [2.05, 4.69) is 5.32 Å². The largest absolute Gasteiger partial charge is 0.315 e. The van der Waals surface area contributed by atoms with Gasteiger partial charge in [-0.1, -0.05) is 18.2 Å². The zero-order chi connectivity index (χ0) is 14.2. The third kappa shape index (κ3) is 2.20. The molecule has 1 N–H and O–H groups in total. The van der Waals surface area contributed by atoms with Gasteiger partial charge >= 0.3 is 0 Å². The number of rotatable bonds is 3. The van der Waals surface area contributed by atoms with Crippen LogP contribution in [0.3, 0.4) is 0 Å². The predicted molar refractivity (Wildman–Crippen MR) is 71.0 cm³/mol. The van der Waals surface area contributed by atoms with Crippen LogP contribution in [0.1, 0.15) is 11.1 Å². The van der Waals surface area contributed by atoms with E-state index in [4.69, 9.17) is 0 Å². The second-order valence-electron chi connectivity index (χ2n) is 5.27. The third-order valence-electron chi connectivity index (χ3n) is 3.96. The predicted octanol–water partition coefficient (Wildman–Crippen LogP) is 3.19. The van der Waals surface area contributed by atoms with Gasteiger partial charge in [0.15, 0.2) is 0 Å². The van der Waals surface area contributed by atoms with Gasteiger partial charge in [0.25, 0.3) is 0 Å². The van der Waals surface area contributed by atoms with E-state index >= 15 is 0 Å². The Kier molecular flexibility index (Phi) is 3.26. The van der Waals surface area contributed by atoms with Gasteiger partial charge in [0.2, 0.25) is 0 Å². The van der Waals surface area contributed by atoms with Crippen LogP contribution in [0, 0.1) is 17.5 Å². The molecule has 1 aliphatic heterocycles. The Hall–Kier alpha value is -1.81. The van der Waals surface area contributed by atoms with Crippen LogP contribution >= 0.6 is 0 Å². The van der Waals surface area contributed by atoms with Crippen molar-refractivity contribution in [2.75, 3.05) is 13.1 Å². The number of hydrogen-bond acceptors (Lipinski definition) is 1. The minimum atomic E-state index is -0.529. The molecule has 1 aliphatic rings. The van der Waals surface area contributed by atoms with Crippen LogP contribution in [-0.4, -0.2) is 13.1 Å². The normalized spacial score (nSPS) is 16.8. The molecule has 3 rings (SSSR count). The maximum Gasteiger partial charge on any atom is 0.129 e. The number of benzene rings is 2. The van der Waals surface area contributed by atoms with Crippen molar-refractivity contribution >= 4 is 0 Å². The second kappa shape index (κ2) is 4.94. The first-order chi connectivity index (χ1) is 9.61. The monoisotopic (exact) mass is 277 g/mol. The summed E-state index contributed by atoms with van der Waals surface area (Å²) in [6.07, 6.45) is 0.268. The lowest BCUT2D eigenvalue weighted by Gasteiger charge is -2.43. The van der Waals surface area contributed by atoms with E-state index in [9.17, 15) is 13.2 Å². The summed E-state index contributed by atoms with van der Waals surface area (Å²) in [6.45, 7) is 1.26. The van der Waals surface area contributed by atoms with E-state index in [0.717, 1.165) is 5.56 Å². The lowest BCUT2D eigenvalue weighted by atomic mass is 9.71. The quantitative estimate of drug-likeness (QED) is 0.908. The molecule has 0 atom stereocenters. The molecule has 0 radical (unpaired) electrons. The molecule has 1 fully saturated rings. The van der Waals surface area contributed by atoms with Crippen LogP contribution in [0.15, 0.2) is 42.5 Å². The Bertz CT molecular complexity index is 598. The highest BCUT2D eigenvalue weighted by atomic mass is 19.1. The van der Waals surface area contributed by atoms with Gasteiger partial charge in [0.05, 0.1) is 0 Å². The van der Waals surface area contributed by atoms with E-state index in [0.29, 0.717) is 13.1 Å². The van der Waals surface area contributed by atoms with Crippen molar-refractivity contribution < 1.29 is 13.2 Å². The molecule has 104 valence electrons. The molecule has 1 heterocycles. The standard InChI is InChI=1S/C16H14F3N/c17-12-6-4-11(5-7-12)16(9-20-10-16)8-13-14(18)2-1-3-15(13)19/h1-7,20H,8-10H2. The summed E-state index contributed by atoms with van der Waals surface area (Å²) in [7, 11) is 0. The van der Waals surface area contributed by atoms with Crippen LogP contribution in [0.4, 0.5) is 13.2 Å². The molecule has 0 unspecified atom stereocenters. The van der Waals surface area contributed by atoms with Crippen LogP contribution < -0.4 is 5.32 Å². The van der Waals surface area contributed by atoms with Crippen molar-refractivity contribution in [1.29, 1.82) is 0 Å². The lowest BCUT2D eigenvalue weighted by Crippen LogP contribution is -2.58. The summed E-state index contributed by atoms with van der Waals surface area (Å²) < 4.78 is 40.6. The number of nitrogens with one attached hydrogen (secondary N) is 1. The average Bonchev–Trinajstić information content (AvgIpc) is 2.38. The first kappa shape index (κ1) is 13.2. The fourth-order valence-corrected chi connectivity index (χ4v) is 2.70. The second-order valence-corrected chi connectivity index (χ2v) is 5.27. The van der Waals surface area contributed by atoms with E-state index in [1.54, 1.807) is 12.1 Å². The lowest BCUT2D eigenvalue weighted by molar-refractivity contribution is 0.268. The van der Waals surface area contributed by atoms with Gasteiger partial charge < -0.3 is 5.32 Å². The molecular weight excluding hydrogens is 263 g/mol. The summed E-state index contributed by atoms with van der Waals surface area (Å²) in [6, 6.07) is 10.0. The SMILES string of the molecule is Fc1ccc(C2(Cc3c(F)cccc3F)CNC2)cc1. The average molecular weight is 277 g/mol. The van der Waals surface area contributed by atoms with Crippen LogP contribution in [0.25, 0.3) is 0 Å². The van der Waals surface area contributed by atoms with Gasteiger partial charge in [0.1, 0.15) is 17.5 Å². The van der Waals surface area contributed by atoms with Crippen molar-refractivity contribution in [3.05, 3.63) is 71.0 Å². The van der Waals surface area contributed by atoms with E-state index in [1.807, 2.05) is 0 Å². The Morgan fingerprint density at radius 3 is 2.00 bits per heavy atom. The zero-order valence-corrected chi connectivity index (χ0v) is 10.8. The van der Waals surface area contributed by atoms with Gasteiger partial charge in [-0.3, -0.25) is 0 Å². The Morgan fingerprint density at radius 1 is 0.900 bits per heavy atom. The van der Waals surface area contributed by atoms with E-state index in [-0.39, 0.29) is 23.2 Å². The first-order valence-corrected chi connectivity index (χ1v) is 6.50. The third-order valence-corrected chi connectivity index (χ3v) is 3.96. The van der Waals surface area contributed by atoms with Crippen molar-refractivity contribution in [3.63, 3.8) is 0 Å². The van der Waals surface area contributed by atoms with Gasteiger partial charge in [-0.15, -0.1) is 0 Å². The Labute approximate surface area is 115 Å². The summed E-state index contributed by atoms with van der Waals surface area (Å²) >= 11 is 0. The molecule has 0 amide bonds. The molecule has 20 heavy (non-hydrogen) atoms. The molecule has 2 aromatic rings. The maximum atomic E-state index is 13.8. The summed E-state index contributed by atoms with van der Waals surface area (Å²) in [5.74, 6) is -1.37. The topological polar surface area (TPSA) is 12.0 Å². The van der Waals surface area contributed by atoms with E-state index in [1.165, 1.54) is 30.3 Å². The molecule has 2 aromatic carbocycles. The Balaban J connectivity index is 1.96. The molecule has 4 heteroatoms. The van der Waals surface area contributed by atoms with Gasteiger partial charge in [-0.2, -0.15) is 0 Å². The number of halogens is 3. The van der Waals surface area contributed by atoms with Crippen LogP contribution in [0.2, 0.25) is 0 Å². The van der Waals surface area contributed by atoms with Crippen LogP contribution in [0.5, 0.6) is 0 Å². The van der Waals surface area contributed by atoms with Crippen molar-refractivity contribution in [2.24, 2.45) is 0 Å². The molecule has 0 bridgehead atoms. The van der Waals surface area contributed by atoms with Crippen LogP contribution in [-0.2, 0) is 11.8 Å². The summed E-state index contributed by atoms with van der Waals surface area (Å²) in [5.41, 5.74) is 0.634. The molecule has 0 aromatic heterocycles.